The van der Waals surface area contributed by atoms with Crippen LogP contribution < -0.4 is 5.32 Å². The first-order valence-corrected chi connectivity index (χ1v) is 8.45. The van der Waals surface area contributed by atoms with E-state index in [4.69, 9.17) is 0 Å². The van der Waals surface area contributed by atoms with Gasteiger partial charge in [-0.3, -0.25) is 0 Å². The fourth-order valence-electron chi connectivity index (χ4n) is 3.17. The molecule has 22 heavy (non-hydrogen) atoms. The summed E-state index contributed by atoms with van der Waals surface area (Å²) in [5, 5.41) is 13.5. The number of nitrogens with one attached hydrogen (secondary N) is 1. The molecule has 2 atom stereocenters. The van der Waals surface area contributed by atoms with Gasteiger partial charge in [-0.1, -0.05) is 44.2 Å². The van der Waals surface area contributed by atoms with Crippen LogP contribution in [0.25, 0.3) is 0 Å². The number of aliphatic hydroxyl groups is 1. The number of hydrogen-bond donors (Lipinski definition) is 2. The minimum absolute atomic E-state index is 0.0245. The van der Waals surface area contributed by atoms with E-state index in [1.165, 1.54) is 0 Å². The molecule has 4 nitrogen and oxygen atoms in total. The standard InChI is InChI=1S/C18H28N2O2/c1-3-15(4-2)19-18(22)20-12-8-11-16(20)13-17(21)14-9-6-5-7-10-14/h5-7,9-10,15-17,21H,3-4,8,11-13H2,1-2H3,(H,19,22). The van der Waals surface area contributed by atoms with Gasteiger partial charge in [0.2, 0.25) is 0 Å². The molecule has 0 spiro atoms. The van der Waals surface area contributed by atoms with Crippen molar-refractivity contribution < 1.29 is 9.90 Å². The number of amides is 2. The summed E-state index contributed by atoms with van der Waals surface area (Å²) in [4.78, 5) is 14.3. The van der Waals surface area contributed by atoms with E-state index in [2.05, 4.69) is 19.2 Å². The van der Waals surface area contributed by atoms with Crippen LogP contribution in [-0.2, 0) is 0 Å². The van der Waals surface area contributed by atoms with E-state index in [0.29, 0.717) is 6.42 Å². The Bertz CT molecular complexity index is 459. The van der Waals surface area contributed by atoms with E-state index in [0.717, 1.165) is 37.8 Å². The van der Waals surface area contributed by atoms with Crippen LogP contribution in [0, 0.1) is 0 Å². The summed E-state index contributed by atoms with van der Waals surface area (Å²) in [7, 11) is 0. The maximum atomic E-state index is 12.4. The van der Waals surface area contributed by atoms with Crippen LogP contribution in [0.3, 0.4) is 0 Å². The van der Waals surface area contributed by atoms with Crippen LogP contribution in [0.2, 0.25) is 0 Å². The lowest BCUT2D eigenvalue weighted by atomic mass is 10.0. The van der Waals surface area contributed by atoms with Gasteiger partial charge < -0.3 is 15.3 Å². The lowest BCUT2D eigenvalue weighted by Crippen LogP contribution is -2.46. The molecule has 1 aliphatic rings. The van der Waals surface area contributed by atoms with Crippen LogP contribution in [0.4, 0.5) is 4.79 Å². The number of aliphatic hydroxyl groups excluding tert-OH is 1. The van der Waals surface area contributed by atoms with E-state index in [1.807, 2.05) is 35.2 Å². The van der Waals surface area contributed by atoms with Crippen molar-refractivity contribution in [2.45, 2.75) is 64.1 Å². The number of nitrogens with zero attached hydrogens (tertiary/aromatic N) is 1. The second-order valence-electron chi connectivity index (χ2n) is 6.11. The first kappa shape index (κ1) is 16.8. The first-order valence-electron chi connectivity index (χ1n) is 8.45. The zero-order valence-corrected chi connectivity index (χ0v) is 13.7. The second kappa shape index (κ2) is 8.18. The van der Waals surface area contributed by atoms with Crippen LogP contribution in [-0.4, -0.2) is 34.7 Å². The normalized spacial score (nSPS) is 19.5. The molecule has 122 valence electrons. The molecule has 0 saturated carbocycles. The van der Waals surface area contributed by atoms with Crippen molar-refractivity contribution in [3.63, 3.8) is 0 Å². The molecule has 1 heterocycles. The molecule has 1 saturated heterocycles. The molecule has 4 heteroatoms. The summed E-state index contributed by atoms with van der Waals surface area (Å²) >= 11 is 0. The van der Waals surface area contributed by atoms with Crippen molar-refractivity contribution in [2.24, 2.45) is 0 Å². The number of hydrogen-bond acceptors (Lipinski definition) is 2. The van der Waals surface area contributed by atoms with Gasteiger partial charge in [0.25, 0.3) is 0 Å². The molecule has 2 rings (SSSR count). The average molecular weight is 304 g/mol. The predicted molar refractivity (Wildman–Crippen MR) is 88.6 cm³/mol. The Morgan fingerprint density at radius 2 is 2.00 bits per heavy atom. The van der Waals surface area contributed by atoms with Gasteiger partial charge in [-0.05, 0) is 37.7 Å². The fraction of sp³-hybridized carbons (Fsp3) is 0.611. The van der Waals surface area contributed by atoms with Gasteiger partial charge in [0.1, 0.15) is 0 Å². The Morgan fingerprint density at radius 3 is 2.64 bits per heavy atom. The maximum absolute atomic E-state index is 12.4. The fourth-order valence-corrected chi connectivity index (χ4v) is 3.17. The summed E-state index contributed by atoms with van der Waals surface area (Å²) in [5.41, 5.74) is 0.926. The van der Waals surface area contributed by atoms with Crippen molar-refractivity contribution in [3.8, 4) is 0 Å². The van der Waals surface area contributed by atoms with Gasteiger partial charge in [0, 0.05) is 18.6 Å². The molecule has 1 aromatic rings. The molecule has 2 N–H and O–H groups in total. The molecule has 1 aromatic carbocycles. The third-order valence-electron chi connectivity index (χ3n) is 4.63. The molecule has 2 unspecified atom stereocenters. The van der Waals surface area contributed by atoms with E-state index < -0.39 is 6.10 Å². The summed E-state index contributed by atoms with van der Waals surface area (Å²) in [6, 6.07) is 10.1. The van der Waals surface area contributed by atoms with Gasteiger partial charge in [-0.25, -0.2) is 4.79 Å². The van der Waals surface area contributed by atoms with Crippen molar-refractivity contribution in [1.29, 1.82) is 0 Å². The third-order valence-corrected chi connectivity index (χ3v) is 4.63. The molecule has 0 bridgehead atoms. The Morgan fingerprint density at radius 1 is 1.32 bits per heavy atom. The number of urea groups is 1. The summed E-state index contributed by atoms with van der Waals surface area (Å²) in [5.74, 6) is 0. The minimum atomic E-state index is -0.507. The number of carbonyl (C=O) groups is 1. The number of benzene rings is 1. The zero-order chi connectivity index (χ0) is 15.9. The largest absolute Gasteiger partial charge is 0.388 e. The number of carbonyl (C=O) groups excluding carboxylic acids is 1. The van der Waals surface area contributed by atoms with Crippen LogP contribution in [0.1, 0.15) is 57.6 Å². The Balaban J connectivity index is 1.94. The minimum Gasteiger partial charge on any atom is -0.388 e. The van der Waals surface area contributed by atoms with Crippen molar-refractivity contribution >= 4 is 6.03 Å². The monoisotopic (exact) mass is 304 g/mol. The average Bonchev–Trinajstić information content (AvgIpc) is 3.01. The molecule has 0 aromatic heterocycles. The molecular formula is C18H28N2O2. The van der Waals surface area contributed by atoms with E-state index in [1.54, 1.807) is 0 Å². The quantitative estimate of drug-likeness (QED) is 0.845. The highest BCUT2D eigenvalue weighted by Gasteiger charge is 2.31. The molecule has 1 aliphatic heterocycles. The van der Waals surface area contributed by atoms with Gasteiger partial charge >= 0.3 is 6.03 Å². The topological polar surface area (TPSA) is 52.6 Å². The third kappa shape index (κ3) is 4.23. The van der Waals surface area contributed by atoms with E-state index in [9.17, 15) is 9.90 Å². The second-order valence-corrected chi connectivity index (χ2v) is 6.11. The smallest absolute Gasteiger partial charge is 0.317 e. The van der Waals surface area contributed by atoms with Crippen LogP contribution in [0.5, 0.6) is 0 Å². The molecule has 0 aliphatic carbocycles. The number of likely N-dealkylation sites (tertiary alicyclic amines) is 1. The van der Waals surface area contributed by atoms with E-state index in [-0.39, 0.29) is 18.1 Å². The summed E-state index contributed by atoms with van der Waals surface area (Å²) in [6.45, 7) is 4.97. The Kier molecular flexibility index (Phi) is 6.25. The van der Waals surface area contributed by atoms with Gasteiger partial charge in [-0.2, -0.15) is 0 Å². The van der Waals surface area contributed by atoms with Crippen LogP contribution >= 0.6 is 0 Å². The molecule has 1 fully saturated rings. The SMILES string of the molecule is CCC(CC)NC(=O)N1CCCC1CC(O)c1ccccc1. The van der Waals surface area contributed by atoms with Crippen molar-refractivity contribution in [3.05, 3.63) is 35.9 Å². The lowest BCUT2D eigenvalue weighted by molar-refractivity contribution is 0.125. The lowest BCUT2D eigenvalue weighted by Gasteiger charge is -2.28. The molecular weight excluding hydrogens is 276 g/mol. The van der Waals surface area contributed by atoms with Gasteiger partial charge in [-0.15, -0.1) is 0 Å². The van der Waals surface area contributed by atoms with Crippen LogP contribution in [0.15, 0.2) is 30.3 Å². The predicted octanol–water partition coefficient (Wildman–Crippen LogP) is 3.47. The van der Waals surface area contributed by atoms with Gasteiger partial charge in [0.15, 0.2) is 0 Å². The van der Waals surface area contributed by atoms with Gasteiger partial charge in [0.05, 0.1) is 6.10 Å². The van der Waals surface area contributed by atoms with E-state index >= 15 is 0 Å². The van der Waals surface area contributed by atoms with Crippen molar-refractivity contribution in [2.75, 3.05) is 6.54 Å². The highest BCUT2D eigenvalue weighted by atomic mass is 16.3. The summed E-state index contributed by atoms with van der Waals surface area (Å²) < 4.78 is 0. The number of rotatable bonds is 6. The zero-order valence-electron chi connectivity index (χ0n) is 13.7. The Labute approximate surface area is 133 Å². The Hall–Kier alpha value is -1.55. The highest BCUT2D eigenvalue weighted by Crippen LogP contribution is 2.27. The summed E-state index contributed by atoms with van der Waals surface area (Å²) in [6.07, 6.45) is 4.00. The molecule has 2 amide bonds. The molecule has 0 radical (unpaired) electrons. The van der Waals surface area contributed by atoms with Crippen molar-refractivity contribution in [1.82, 2.24) is 10.2 Å². The first-order chi connectivity index (χ1) is 10.7. The maximum Gasteiger partial charge on any atom is 0.317 e. The highest BCUT2D eigenvalue weighted by molar-refractivity contribution is 5.75.